The fourth-order valence-electron chi connectivity index (χ4n) is 0.848. The van der Waals surface area contributed by atoms with Crippen LogP contribution in [0.2, 0.25) is 0 Å². The summed E-state index contributed by atoms with van der Waals surface area (Å²) in [5.41, 5.74) is 0.112. The average Bonchev–Trinajstić information content (AvgIpc) is 2.08. The van der Waals surface area contributed by atoms with E-state index in [0.29, 0.717) is 9.50 Å². The number of aromatic nitrogens is 1. The molecule has 0 radical (unpaired) electrons. The van der Waals surface area contributed by atoms with Gasteiger partial charge < -0.3 is 5.11 Å². The summed E-state index contributed by atoms with van der Waals surface area (Å²) >= 11 is 4.61. The monoisotopic (exact) mass is 261 g/mol. The van der Waals surface area contributed by atoms with Gasteiger partial charge in [0.25, 0.3) is 0 Å². The maximum absolute atomic E-state index is 10.8. The minimum atomic E-state index is -0.989. The highest BCUT2D eigenvalue weighted by Crippen LogP contribution is 2.22. The summed E-state index contributed by atoms with van der Waals surface area (Å²) in [6, 6.07) is 3.50. The van der Waals surface area contributed by atoms with E-state index in [9.17, 15) is 4.79 Å². The highest BCUT2D eigenvalue weighted by Gasteiger charge is 2.11. The average molecular weight is 262 g/mol. The molecule has 0 spiro atoms. The minimum Gasteiger partial charge on any atom is -0.476 e. The summed E-state index contributed by atoms with van der Waals surface area (Å²) in [6.07, 6.45) is 0. The number of halogens is 1. The van der Waals surface area contributed by atoms with Gasteiger partial charge in [-0.25, -0.2) is 9.78 Å². The number of aromatic carboxylic acids is 1. The van der Waals surface area contributed by atoms with Crippen LogP contribution in [-0.2, 0) is 0 Å². The fourth-order valence-corrected chi connectivity index (χ4v) is 1.90. The number of hydrogen-bond donors (Lipinski definition) is 1. The summed E-state index contributed by atoms with van der Waals surface area (Å²) in [5, 5.41) is 8.82. The molecule has 0 aliphatic heterocycles. The zero-order valence-corrected chi connectivity index (χ0v) is 9.35. The van der Waals surface area contributed by atoms with E-state index in [1.54, 1.807) is 12.1 Å². The van der Waals surface area contributed by atoms with E-state index in [1.807, 2.05) is 6.92 Å². The van der Waals surface area contributed by atoms with Gasteiger partial charge in [0.2, 0.25) is 0 Å². The van der Waals surface area contributed by atoms with Crippen molar-refractivity contribution < 1.29 is 9.90 Å². The van der Waals surface area contributed by atoms with E-state index in [1.165, 1.54) is 11.8 Å². The summed E-state index contributed by atoms with van der Waals surface area (Å²) in [4.78, 5) is 15.3. The van der Waals surface area contributed by atoms with Gasteiger partial charge in [0.05, 0.1) is 0 Å². The zero-order valence-electron chi connectivity index (χ0n) is 6.95. The molecule has 1 N–H and O–H groups in total. The molecule has 0 aliphatic carbocycles. The molecule has 1 rings (SSSR count). The van der Waals surface area contributed by atoms with Gasteiger partial charge in [0, 0.05) is 4.90 Å². The topological polar surface area (TPSA) is 50.2 Å². The number of thioether (sulfide) groups is 1. The molecule has 0 saturated heterocycles. The molecule has 0 bridgehead atoms. The number of pyridine rings is 1. The van der Waals surface area contributed by atoms with Gasteiger partial charge >= 0.3 is 5.97 Å². The molecule has 0 fully saturated rings. The Hall–Kier alpha value is -0.550. The van der Waals surface area contributed by atoms with E-state index >= 15 is 0 Å². The highest BCUT2D eigenvalue weighted by molar-refractivity contribution is 9.10. The van der Waals surface area contributed by atoms with Crippen molar-refractivity contribution in [2.45, 2.75) is 11.8 Å². The summed E-state index contributed by atoms with van der Waals surface area (Å²) in [6.45, 7) is 1.97. The normalized spacial score (nSPS) is 10.0. The minimum absolute atomic E-state index is 0.112. The second-order valence-corrected chi connectivity index (χ2v) is 4.34. The maximum Gasteiger partial charge on any atom is 0.355 e. The van der Waals surface area contributed by atoms with Crippen LogP contribution in [0.1, 0.15) is 17.4 Å². The number of carboxylic acid groups (broad SMARTS) is 1. The Bertz CT molecular complexity index is 330. The quantitative estimate of drug-likeness (QED) is 0.672. The molecule has 0 aliphatic rings. The fraction of sp³-hybridized carbons (Fsp3) is 0.250. The highest BCUT2D eigenvalue weighted by atomic mass is 79.9. The van der Waals surface area contributed by atoms with E-state index in [4.69, 9.17) is 5.11 Å². The summed E-state index contributed by atoms with van der Waals surface area (Å²) in [7, 11) is 0. The maximum atomic E-state index is 10.8. The lowest BCUT2D eigenvalue weighted by Gasteiger charge is -2.02. The van der Waals surface area contributed by atoms with Gasteiger partial charge in [-0.15, -0.1) is 11.8 Å². The van der Waals surface area contributed by atoms with Gasteiger partial charge in [-0.1, -0.05) is 6.92 Å². The van der Waals surface area contributed by atoms with E-state index in [2.05, 4.69) is 20.9 Å². The van der Waals surface area contributed by atoms with Crippen LogP contribution < -0.4 is 0 Å². The molecule has 1 heterocycles. The van der Waals surface area contributed by atoms with Crippen molar-refractivity contribution in [2.24, 2.45) is 0 Å². The molecule has 3 nitrogen and oxygen atoms in total. The predicted molar refractivity (Wildman–Crippen MR) is 55.3 cm³/mol. The van der Waals surface area contributed by atoms with Crippen molar-refractivity contribution in [1.82, 2.24) is 4.98 Å². The molecular weight excluding hydrogens is 254 g/mol. The number of carboxylic acids is 1. The van der Waals surface area contributed by atoms with Gasteiger partial charge in [0.15, 0.2) is 5.69 Å². The number of nitrogens with zero attached hydrogens (tertiary/aromatic N) is 1. The van der Waals surface area contributed by atoms with Crippen LogP contribution in [0.25, 0.3) is 0 Å². The van der Waals surface area contributed by atoms with Gasteiger partial charge in [-0.3, -0.25) is 0 Å². The van der Waals surface area contributed by atoms with Crippen molar-refractivity contribution >= 4 is 33.7 Å². The lowest BCUT2D eigenvalue weighted by Crippen LogP contribution is -2.02. The Kier molecular flexibility index (Phi) is 3.74. The number of hydrogen-bond acceptors (Lipinski definition) is 3. The smallest absolute Gasteiger partial charge is 0.355 e. The van der Waals surface area contributed by atoms with Crippen LogP contribution in [-0.4, -0.2) is 21.8 Å². The largest absolute Gasteiger partial charge is 0.476 e. The van der Waals surface area contributed by atoms with Crippen molar-refractivity contribution in [1.29, 1.82) is 0 Å². The molecule has 0 saturated carbocycles. The predicted octanol–water partition coefficient (Wildman–Crippen LogP) is 2.65. The second kappa shape index (κ2) is 4.62. The van der Waals surface area contributed by atoms with Crippen LogP contribution in [0.4, 0.5) is 0 Å². The SMILES string of the molecule is CCSc1ccc(Br)nc1C(=O)O. The first kappa shape index (κ1) is 10.5. The summed E-state index contributed by atoms with van der Waals surface area (Å²) < 4.78 is 0.547. The molecule has 1 aromatic rings. The van der Waals surface area contributed by atoms with Crippen LogP contribution in [0, 0.1) is 0 Å². The van der Waals surface area contributed by atoms with Crippen LogP contribution in [0.15, 0.2) is 21.6 Å². The first-order chi connectivity index (χ1) is 6.15. The first-order valence-corrected chi connectivity index (χ1v) is 5.45. The van der Waals surface area contributed by atoms with E-state index in [-0.39, 0.29) is 5.69 Å². The van der Waals surface area contributed by atoms with E-state index < -0.39 is 5.97 Å². The molecule has 70 valence electrons. The second-order valence-electron chi connectivity index (χ2n) is 2.22. The Morgan fingerprint density at radius 3 is 2.92 bits per heavy atom. The molecule has 0 atom stereocenters. The number of carbonyl (C=O) groups is 1. The Morgan fingerprint density at radius 2 is 2.38 bits per heavy atom. The lowest BCUT2D eigenvalue weighted by atomic mass is 10.3. The Morgan fingerprint density at radius 1 is 1.69 bits per heavy atom. The van der Waals surface area contributed by atoms with Crippen molar-refractivity contribution in [3.05, 3.63) is 22.4 Å². The first-order valence-electron chi connectivity index (χ1n) is 3.67. The van der Waals surface area contributed by atoms with Gasteiger partial charge in [-0.2, -0.15) is 0 Å². The van der Waals surface area contributed by atoms with Crippen LogP contribution in [0.3, 0.4) is 0 Å². The molecule has 0 aromatic carbocycles. The van der Waals surface area contributed by atoms with Crippen molar-refractivity contribution in [3.63, 3.8) is 0 Å². The Balaban J connectivity index is 3.10. The molecule has 1 aromatic heterocycles. The van der Waals surface area contributed by atoms with Crippen LogP contribution in [0.5, 0.6) is 0 Å². The third-order valence-electron chi connectivity index (χ3n) is 1.33. The lowest BCUT2D eigenvalue weighted by molar-refractivity contribution is 0.0686. The molecule has 13 heavy (non-hydrogen) atoms. The van der Waals surface area contributed by atoms with Crippen LogP contribution >= 0.6 is 27.7 Å². The molecule has 0 amide bonds. The third kappa shape index (κ3) is 2.70. The van der Waals surface area contributed by atoms with E-state index in [0.717, 1.165) is 5.75 Å². The summed E-state index contributed by atoms with van der Waals surface area (Å²) in [5.74, 6) is -0.152. The third-order valence-corrected chi connectivity index (χ3v) is 2.70. The molecule has 0 unspecified atom stereocenters. The van der Waals surface area contributed by atoms with Gasteiger partial charge in [-0.05, 0) is 33.8 Å². The molecular formula is C8H8BrNO2S. The van der Waals surface area contributed by atoms with Crippen molar-refractivity contribution in [2.75, 3.05) is 5.75 Å². The van der Waals surface area contributed by atoms with Crippen molar-refractivity contribution in [3.8, 4) is 0 Å². The number of rotatable bonds is 3. The standard InChI is InChI=1S/C8H8BrNO2S/c1-2-13-5-3-4-6(9)10-7(5)8(11)12/h3-4H,2H2,1H3,(H,11,12). The van der Waals surface area contributed by atoms with Gasteiger partial charge in [0.1, 0.15) is 4.60 Å². The Labute approximate surface area is 88.7 Å². The molecule has 5 heteroatoms. The zero-order chi connectivity index (χ0) is 9.84.